The highest BCUT2D eigenvalue weighted by molar-refractivity contribution is 5.76. The number of amides is 1. The summed E-state index contributed by atoms with van der Waals surface area (Å²) in [5, 5.41) is 6.40. The van der Waals surface area contributed by atoms with Gasteiger partial charge in [-0.1, -0.05) is 65.2 Å². The first kappa shape index (κ1) is 19.9. The molecule has 1 heterocycles. The average molecular weight is 324 g/mol. The summed E-state index contributed by atoms with van der Waals surface area (Å²) in [4.78, 5) is 14.2. The van der Waals surface area contributed by atoms with Crippen LogP contribution < -0.4 is 10.6 Å². The van der Waals surface area contributed by atoms with Crippen LogP contribution in [0.5, 0.6) is 0 Å². The third-order valence-electron chi connectivity index (χ3n) is 4.61. The Labute approximate surface area is 143 Å². The van der Waals surface area contributed by atoms with Crippen molar-refractivity contribution >= 4 is 5.91 Å². The average Bonchev–Trinajstić information content (AvgIpc) is 3.02. The highest BCUT2D eigenvalue weighted by Gasteiger charge is 2.22. The highest BCUT2D eigenvalue weighted by Crippen LogP contribution is 2.12. The van der Waals surface area contributed by atoms with Gasteiger partial charge in [0, 0.05) is 18.8 Å². The van der Waals surface area contributed by atoms with E-state index in [1.807, 2.05) is 19.3 Å². The molecule has 4 nitrogen and oxygen atoms in total. The van der Waals surface area contributed by atoms with Gasteiger partial charge in [0.05, 0.1) is 12.3 Å². The van der Waals surface area contributed by atoms with E-state index in [-0.39, 0.29) is 12.1 Å². The summed E-state index contributed by atoms with van der Waals surface area (Å²) in [7, 11) is 0. The van der Waals surface area contributed by atoms with Crippen LogP contribution in [0.25, 0.3) is 0 Å². The second kappa shape index (κ2) is 12.3. The van der Waals surface area contributed by atoms with Gasteiger partial charge >= 0.3 is 0 Å². The molecule has 1 amide bonds. The molecule has 4 heteroatoms. The molecule has 0 saturated carbocycles. The standard InChI is InChI=1S/C19H37N3O/c1-4-6-7-8-9-10-11-12-13-14-19(23)21-17(3)22-16-15-20-18(22)5-2/h15-18,20H,4-14H2,1-3H3,(H,21,23). The highest BCUT2D eigenvalue weighted by atomic mass is 16.1. The van der Waals surface area contributed by atoms with Crippen LogP contribution in [0.1, 0.15) is 91.4 Å². The van der Waals surface area contributed by atoms with Crippen molar-refractivity contribution in [3.8, 4) is 0 Å². The van der Waals surface area contributed by atoms with Crippen LogP contribution >= 0.6 is 0 Å². The molecule has 0 radical (unpaired) electrons. The number of carbonyl (C=O) groups excluding carboxylic acids is 1. The molecular weight excluding hydrogens is 286 g/mol. The van der Waals surface area contributed by atoms with Gasteiger partial charge in [-0.25, -0.2) is 0 Å². The van der Waals surface area contributed by atoms with Gasteiger partial charge in [-0.05, 0) is 19.8 Å². The van der Waals surface area contributed by atoms with E-state index in [9.17, 15) is 4.79 Å². The number of hydrogen-bond acceptors (Lipinski definition) is 3. The van der Waals surface area contributed by atoms with Gasteiger partial charge in [0.25, 0.3) is 0 Å². The molecule has 1 aliphatic rings. The molecule has 0 aliphatic carbocycles. The van der Waals surface area contributed by atoms with E-state index < -0.39 is 0 Å². The first-order valence-corrected chi connectivity index (χ1v) is 9.68. The molecule has 2 atom stereocenters. The predicted molar refractivity (Wildman–Crippen MR) is 97.6 cm³/mol. The van der Waals surface area contributed by atoms with E-state index in [0.29, 0.717) is 12.6 Å². The lowest BCUT2D eigenvalue weighted by molar-refractivity contribution is -0.122. The van der Waals surface area contributed by atoms with Gasteiger partial charge in [-0.2, -0.15) is 0 Å². The van der Waals surface area contributed by atoms with Crippen molar-refractivity contribution in [1.29, 1.82) is 0 Å². The Kier molecular flexibility index (Phi) is 10.6. The molecule has 134 valence electrons. The maximum absolute atomic E-state index is 12.0. The first-order valence-electron chi connectivity index (χ1n) is 9.68. The summed E-state index contributed by atoms with van der Waals surface area (Å²) in [6.45, 7) is 6.45. The molecule has 1 rings (SSSR count). The number of hydrogen-bond donors (Lipinski definition) is 2. The van der Waals surface area contributed by atoms with E-state index >= 15 is 0 Å². The van der Waals surface area contributed by atoms with Crippen LogP contribution in [-0.2, 0) is 4.79 Å². The lowest BCUT2D eigenvalue weighted by Crippen LogP contribution is -2.49. The summed E-state index contributed by atoms with van der Waals surface area (Å²) >= 11 is 0. The third kappa shape index (κ3) is 8.29. The topological polar surface area (TPSA) is 44.4 Å². The van der Waals surface area contributed by atoms with Crippen molar-refractivity contribution in [3.05, 3.63) is 12.4 Å². The monoisotopic (exact) mass is 323 g/mol. The summed E-state index contributed by atoms with van der Waals surface area (Å²) in [6.07, 6.45) is 17.6. The first-order chi connectivity index (χ1) is 11.2. The summed E-state index contributed by atoms with van der Waals surface area (Å²) in [6, 6.07) is 0. The van der Waals surface area contributed by atoms with Crippen molar-refractivity contribution in [1.82, 2.24) is 15.5 Å². The Bertz CT molecular complexity index is 344. The van der Waals surface area contributed by atoms with E-state index in [2.05, 4.69) is 29.4 Å². The zero-order valence-corrected chi connectivity index (χ0v) is 15.4. The van der Waals surface area contributed by atoms with Crippen molar-refractivity contribution in [2.75, 3.05) is 0 Å². The summed E-state index contributed by atoms with van der Waals surface area (Å²) < 4.78 is 0. The van der Waals surface area contributed by atoms with E-state index in [1.165, 1.54) is 51.4 Å². The van der Waals surface area contributed by atoms with E-state index in [0.717, 1.165) is 12.8 Å². The zero-order valence-electron chi connectivity index (χ0n) is 15.4. The summed E-state index contributed by atoms with van der Waals surface area (Å²) in [5.74, 6) is 0.176. The lowest BCUT2D eigenvalue weighted by Gasteiger charge is -2.31. The number of nitrogens with one attached hydrogen (secondary N) is 2. The Morgan fingerprint density at radius 1 is 1.09 bits per heavy atom. The minimum Gasteiger partial charge on any atom is -0.370 e. The molecule has 1 aliphatic heterocycles. The van der Waals surface area contributed by atoms with E-state index in [1.54, 1.807) is 0 Å². The maximum atomic E-state index is 12.0. The second-order valence-electron chi connectivity index (χ2n) is 6.68. The summed E-state index contributed by atoms with van der Waals surface area (Å²) in [5.41, 5.74) is 0. The van der Waals surface area contributed by atoms with Crippen LogP contribution in [0.2, 0.25) is 0 Å². The lowest BCUT2D eigenvalue weighted by atomic mass is 10.1. The fraction of sp³-hybridized carbons (Fsp3) is 0.842. The van der Waals surface area contributed by atoms with E-state index in [4.69, 9.17) is 0 Å². The number of carbonyl (C=O) groups is 1. The van der Waals surface area contributed by atoms with Gasteiger partial charge in [0.1, 0.15) is 0 Å². The number of nitrogens with zero attached hydrogens (tertiary/aromatic N) is 1. The van der Waals surface area contributed by atoms with Crippen LogP contribution in [-0.4, -0.2) is 23.1 Å². The van der Waals surface area contributed by atoms with Crippen molar-refractivity contribution in [2.24, 2.45) is 0 Å². The fourth-order valence-electron chi connectivity index (χ4n) is 3.13. The molecule has 0 aromatic heterocycles. The van der Waals surface area contributed by atoms with Gasteiger partial charge in [0.15, 0.2) is 0 Å². The van der Waals surface area contributed by atoms with Crippen LogP contribution in [0.15, 0.2) is 12.4 Å². The molecule has 2 N–H and O–H groups in total. The quantitative estimate of drug-likeness (QED) is 0.491. The Hall–Kier alpha value is -1.19. The molecule has 0 aromatic rings. The van der Waals surface area contributed by atoms with Crippen LogP contribution in [0, 0.1) is 0 Å². The number of unbranched alkanes of at least 4 members (excludes halogenated alkanes) is 8. The third-order valence-corrected chi connectivity index (χ3v) is 4.61. The molecule has 0 spiro atoms. The maximum Gasteiger partial charge on any atom is 0.221 e. The SMILES string of the molecule is CCCCCCCCCCCC(=O)NC(C)N1C=CNC1CC. The largest absolute Gasteiger partial charge is 0.370 e. The number of rotatable bonds is 13. The zero-order chi connectivity index (χ0) is 16.9. The smallest absolute Gasteiger partial charge is 0.221 e. The molecule has 2 unspecified atom stereocenters. The molecule has 0 bridgehead atoms. The predicted octanol–water partition coefficient (Wildman–Crippen LogP) is 4.48. The minimum absolute atomic E-state index is 0.0530. The van der Waals surface area contributed by atoms with Gasteiger partial charge in [-0.3, -0.25) is 4.79 Å². The minimum atomic E-state index is 0.0530. The molecule has 0 fully saturated rings. The van der Waals surface area contributed by atoms with Gasteiger partial charge < -0.3 is 15.5 Å². The van der Waals surface area contributed by atoms with Crippen molar-refractivity contribution in [3.63, 3.8) is 0 Å². The van der Waals surface area contributed by atoms with Gasteiger partial charge in [-0.15, -0.1) is 0 Å². The molecule has 23 heavy (non-hydrogen) atoms. The normalized spacial score (nSPS) is 18.0. The van der Waals surface area contributed by atoms with Crippen molar-refractivity contribution < 1.29 is 4.79 Å². The van der Waals surface area contributed by atoms with Crippen LogP contribution in [0.3, 0.4) is 0 Å². The fourth-order valence-corrected chi connectivity index (χ4v) is 3.13. The molecular formula is C19H37N3O. The van der Waals surface area contributed by atoms with Crippen molar-refractivity contribution in [2.45, 2.75) is 104 Å². The Morgan fingerprint density at radius 3 is 2.30 bits per heavy atom. The molecule has 0 aromatic carbocycles. The molecule has 0 saturated heterocycles. The van der Waals surface area contributed by atoms with Crippen LogP contribution in [0.4, 0.5) is 0 Å². The second-order valence-corrected chi connectivity index (χ2v) is 6.68. The Balaban J connectivity index is 2.01. The van der Waals surface area contributed by atoms with Gasteiger partial charge in [0.2, 0.25) is 5.91 Å². The Morgan fingerprint density at radius 2 is 1.70 bits per heavy atom.